The molecule has 1 amide bonds. The fourth-order valence-electron chi connectivity index (χ4n) is 2.41. The molecule has 2 aromatic carbocycles. The van der Waals surface area contributed by atoms with E-state index < -0.39 is 22.0 Å². The minimum Gasteiger partial charge on any atom is -0.494 e. The number of ether oxygens (including phenoxy) is 1. The highest BCUT2D eigenvalue weighted by Gasteiger charge is 2.22. The van der Waals surface area contributed by atoms with Crippen molar-refractivity contribution < 1.29 is 17.9 Å². The zero-order valence-electron chi connectivity index (χ0n) is 15.5. The molecule has 0 spiro atoms. The van der Waals surface area contributed by atoms with Gasteiger partial charge in [-0.1, -0.05) is 23.7 Å². The first kappa shape index (κ1) is 21.2. The third-order valence-electron chi connectivity index (χ3n) is 3.86. The maximum atomic E-state index is 12.5. The van der Waals surface area contributed by atoms with E-state index >= 15 is 0 Å². The lowest BCUT2D eigenvalue weighted by Gasteiger charge is -2.15. The normalized spacial score (nSPS) is 12.4. The molecule has 0 fully saturated rings. The topological polar surface area (TPSA) is 84.5 Å². The summed E-state index contributed by atoms with van der Waals surface area (Å²) in [6.07, 6.45) is 0. The predicted octanol–water partition coefficient (Wildman–Crippen LogP) is 3.03. The molecule has 0 aliphatic carbocycles. The Kier molecular flexibility index (Phi) is 7.24. The summed E-state index contributed by atoms with van der Waals surface area (Å²) in [6.45, 7) is 5.90. The third-order valence-corrected chi connectivity index (χ3v) is 5.65. The number of amides is 1. The molecule has 2 N–H and O–H groups in total. The Hall–Kier alpha value is -2.09. The van der Waals surface area contributed by atoms with Crippen LogP contribution in [0.1, 0.15) is 25.0 Å². The van der Waals surface area contributed by atoms with Crippen LogP contribution in [0, 0.1) is 6.92 Å². The molecule has 2 aromatic rings. The summed E-state index contributed by atoms with van der Waals surface area (Å²) in [5, 5.41) is 3.31. The number of carbonyl (C=O) groups is 1. The summed E-state index contributed by atoms with van der Waals surface area (Å²) in [6, 6.07) is 10.7. The van der Waals surface area contributed by atoms with Crippen LogP contribution >= 0.6 is 11.6 Å². The van der Waals surface area contributed by atoms with Crippen LogP contribution in [0.25, 0.3) is 0 Å². The van der Waals surface area contributed by atoms with Gasteiger partial charge in [-0.3, -0.25) is 4.79 Å². The second kappa shape index (κ2) is 9.21. The number of benzene rings is 2. The minimum absolute atomic E-state index is 0.0841. The first-order valence-electron chi connectivity index (χ1n) is 8.51. The molecule has 1 atom stereocenters. The zero-order chi connectivity index (χ0) is 20.0. The summed E-state index contributed by atoms with van der Waals surface area (Å²) < 4.78 is 32.9. The monoisotopic (exact) mass is 410 g/mol. The maximum Gasteiger partial charge on any atom is 0.241 e. The average Bonchev–Trinajstić information content (AvgIpc) is 2.62. The van der Waals surface area contributed by atoms with Gasteiger partial charge in [0.05, 0.1) is 17.5 Å². The van der Waals surface area contributed by atoms with Gasteiger partial charge in [0.1, 0.15) is 5.75 Å². The van der Waals surface area contributed by atoms with E-state index in [9.17, 15) is 13.2 Å². The highest BCUT2D eigenvalue weighted by Crippen LogP contribution is 2.22. The number of sulfonamides is 1. The number of rotatable bonds is 8. The molecular weight excluding hydrogens is 388 g/mol. The quantitative estimate of drug-likeness (QED) is 0.700. The number of nitrogens with one attached hydrogen (secondary N) is 2. The Balaban J connectivity index is 2.00. The predicted molar refractivity (Wildman–Crippen MR) is 105 cm³/mol. The molecule has 0 aliphatic rings. The molecule has 27 heavy (non-hydrogen) atoms. The molecule has 6 nitrogen and oxygen atoms in total. The Morgan fingerprint density at radius 1 is 1.19 bits per heavy atom. The van der Waals surface area contributed by atoms with Crippen LogP contribution in [0.5, 0.6) is 5.75 Å². The minimum atomic E-state index is -3.83. The van der Waals surface area contributed by atoms with Gasteiger partial charge in [-0.05, 0) is 62.2 Å². The van der Waals surface area contributed by atoms with Gasteiger partial charge in [-0.25, -0.2) is 8.42 Å². The SMILES string of the molecule is CCOc1ccc(S(=O)(=O)N[C@H](C)C(=O)NCc2ccc(Cl)cc2)cc1C. The first-order valence-corrected chi connectivity index (χ1v) is 10.4. The molecule has 2 rings (SSSR count). The Bertz CT molecular complexity index is 898. The van der Waals surface area contributed by atoms with E-state index in [0.717, 1.165) is 5.56 Å². The third kappa shape index (κ3) is 5.95. The fraction of sp³-hybridized carbons (Fsp3) is 0.316. The number of hydrogen-bond acceptors (Lipinski definition) is 4. The van der Waals surface area contributed by atoms with Crippen molar-refractivity contribution in [3.63, 3.8) is 0 Å². The first-order chi connectivity index (χ1) is 12.7. The molecule has 0 radical (unpaired) electrons. The molecular formula is C19H23ClN2O4S. The molecule has 0 unspecified atom stereocenters. The molecule has 0 heterocycles. The zero-order valence-corrected chi connectivity index (χ0v) is 17.0. The molecule has 0 saturated heterocycles. The van der Waals surface area contributed by atoms with Crippen molar-refractivity contribution in [2.45, 2.75) is 38.3 Å². The van der Waals surface area contributed by atoms with E-state index in [1.165, 1.54) is 19.1 Å². The van der Waals surface area contributed by atoms with Crippen LogP contribution in [0.4, 0.5) is 0 Å². The van der Waals surface area contributed by atoms with Gasteiger partial charge in [0.2, 0.25) is 15.9 Å². The van der Waals surface area contributed by atoms with E-state index in [2.05, 4.69) is 10.0 Å². The second-order valence-corrected chi connectivity index (χ2v) is 8.20. The van der Waals surface area contributed by atoms with E-state index in [-0.39, 0.29) is 11.4 Å². The lowest BCUT2D eigenvalue weighted by molar-refractivity contribution is -0.122. The lowest BCUT2D eigenvalue weighted by Crippen LogP contribution is -2.44. The Morgan fingerprint density at radius 3 is 2.44 bits per heavy atom. The average molecular weight is 411 g/mol. The highest BCUT2D eigenvalue weighted by atomic mass is 35.5. The van der Waals surface area contributed by atoms with Crippen molar-refractivity contribution in [2.24, 2.45) is 0 Å². The van der Waals surface area contributed by atoms with Gasteiger partial charge >= 0.3 is 0 Å². The van der Waals surface area contributed by atoms with Gasteiger partial charge < -0.3 is 10.1 Å². The molecule has 0 saturated carbocycles. The van der Waals surface area contributed by atoms with Gasteiger partial charge in [-0.2, -0.15) is 4.72 Å². The van der Waals surface area contributed by atoms with Gasteiger partial charge in [-0.15, -0.1) is 0 Å². The molecule has 0 aromatic heterocycles. The standard InChI is InChI=1S/C19H23ClN2O4S/c1-4-26-18-10-9-17(11-13(18)2)27(24,25)22-14(3)19(23)21-12-15-5-7-16(20)8-6-15/h5-11,14,22H,4,12H2,1-3H3,(H,21,23)/t14-/m1/s1. The summed E-state index contributed by atoms with van der Waals surface area (Å²) in [5.74, 6) is 0.210. The van der Waals surface area contributed by atoms with Crippen molar-refractivity contribution in [3.05, 3.63) is 58.6 Å². The molecule has 0 bridgehead atoms. The van der Waals surface area contributed by atoms with Crippen LogP contribution in [0.3, 0.4) is 0 Å². The van der Waals surface area contributed by atoms with E-state index in [1.807, 2.05) is 6.92 Å². The van der Waals surface area contributed by atoms with E-state index in [0.29, 0.717) is 22.9 Å². The second-order valence-electron chi connectivity index (χ2n) is 6.05. The van der Waals surface area contributed by atoms with Crippen molar-refractivity contribution in [2.75, 3.05) is 6.61 Å². The van der Waals surface area contributed by atoms with Crippen molar-refractivity contribution >= 4 is 27.5 Å². The van der Waals surface area contributed by atoms with Crippen LogP contribution < -0.4 is 14.8 Å². The fourth-order valence-corrected chi connectivity index (χ4v) is 3.82. The summed E-state index contributed by atoms with van der Waals surface area (Å²) in [5.41, 5.74) is 1.57. The van der Waals surface area contributed by atoms with Gasteiger partial charge in [0.15, 0.2) is 0 Å². The smallest absolute Gasteiger partial charge is 0.241 e. The van der Waals surface area contributed by atoms with Crippen LogP contribution in [0.2, 0.25) is 5.02 Å². The van der Waals surface area contributed by atoms with Crippen LogP contribution in [-0.2, 0) is 21.4 Å². The van der Waals surface area contributed by atoms with E-state index in [1.54, 1.807) is 37.3 Å². The number of carbonyl (C=O) groups excluding carboxylic acids is 1. The molecule has 0 aliphatic heterocycles. The number of aryl methyl sites for hydroxylation is 1. The lowest BCUT2D eigenvalue weighted by atomic mass is 10.2. The maximum absolute atomic E-state index is 12.5. The van der Waals surface area contributed by atoms with Crippen molar-refractivity contribution in [1.82, 2.24) is 10.0 Å². The van der Waals surface area contributed by atoms with Crippen molar-refractivity contribution in [1.29, 1.82) is 0 Å². The Labute approximate surface area is 164 Å². The summed E-state index contributed by atoms with van der Waals surface area (Å²) in [4.78, 5) is 12.3. The summed E-state index contributed by atoms with van der Waals surface area (Å²) in [7, 11) is -3.83. The highest BCUT2D eigenvalue weighted by molar-refractivity contribution is 7.89. The number of halogens is 1. The van der Waals surface area contributed by atoms with Gasteiger partial charge in [0.25, 0.3) is 0 Å². The van der Waals surface area contributed by atoms with Gasteiger partial charge in [0, 0.05) is 11.6 Å². The molecule has 146 valence electrons. The summed E-state index contributed by atoms with van der Waals surface area (Å²) >= 11 is 5.82. The van der Waals surface area contributed by atoms with E-state index in [4.69, 9.17) is 16.3 Å². The van der Waals surface area contributed by atoms with Crippen LogP contribution in [-0.4, -0.2) is 27.0 Å². The largest absolute Gasteiger partial charge is 0.494 e. The Morgan fingerprint density at radius 2 is 1.85 bits per heavy atom. The molecule has 8 heteroatoms. The number of hydrogen-bond donors (Lipinski definition) is 2. The van der Waals surface area contributed by atoms with Crippen LogP contribution in [0.15, 0.2) is 47.4 Å². The van der Waals surface area contributed by atoms with Crippen molar-refractivity contribution in [3.8, 4) is 5.75 Å².